The predicted molar refractivity (Wildman–Crippen MR) is 64.5 cm³/mol. The molecule has 1 aromatic rings. The first kappa shape index (κ1) is 11.9. The molecule has 1 aromatic carbocycles. The number of hydrogen-bond donors (Lipinski definition) is 2. The number of rotatable bonds is 1. The van der Waals surface area contributed by atoms with E-state index in [1.54, 1.807) is 17.0 Å². The van der Waals surface area contributed by atoms with Crippen LogP contribution in [0, 0.1) is 5.82 Å². The summed E-state index contributed by atoms with van der Waals surface area (Å²) < 4.78 is 13.0. The summed E-state index contributed by atoms with van der Waals surface area (Å²) in [7, 11) is 0. The minimum atomic E-state index is -0.351. The van der Waals surface area contributed by atoms with Crippen molar-refractivity contribution >= 4 is 11.7 Å². The first-order valence-corrected chi connectivity index (χ1v) is 5.71. The van der Waals surface area contributed by atoms with Crippen LogP contribution < -0.4 is 10.6 Å². The zero-order chi connectivity index (χ0) is 12.3. The SMILES string of the molecule is CC1CNCCN1C(=O)Nc1cccc(F)c1. The quantitative estimate of drug-likeness (QED) is 0.780. The van der Waals surface area contributed by atoms with E-state index in [2.05, 4.69) is 10.6 Å². The molecular formula is C12H16FN3O. The molecule has 0 radical (unpaired) electrons. The van der Waals surface area contributed by atoms with Gasteiger partial charge in [-0.05, 0) is 25.1 Å². The molecule has 1 unspecified atom stereocenters. The third-order valence-electron chi connectivity index (χ3n) is 2.84. The maximum atomic E-state index is 13.0. The van der Waals surface area contributed by atoms with E-state index >= 15 is 0 Å². The molecule has 17 heavy (non-hydrogen) atoms. The summed E-state index contributed by atoms with van der Waals surface area (Å²) in [5.74, 6) is -0.351. The van der Waals surface area contributed by atoms with Crippen LogP contribution in [0.3, 0.4) is 0 Å². The van der Waals surface area contributed by atoms with Gasteiger partial charge in [-0.3, -0.25) is 0 Å². The van der Waals surface area contributed by atoms with Gasteiger partial charge in [0.05, 0.1) is 0 Å². The van der Waals surface area contributed by atoms with Crippen molar-refractivity contribution in [1.29, 1.82) is 0 Å². The fourth-order valence-electron chi connectivity index (χ4n) is 1.90. The first-order chi connectivity index (χ1) is 8.16. The van der Waals surface area contributed by atoms with Crippen LogP contribution in [0.1, 0.15) is 6.92 Å². The normalized spacial score (nSPS) is 20.1. The number of hydrogen-bond acceptors (Lipinski definition) is 2. The van der Waals surface area contributed by atoms with Gasteiger partial charge in [-0.15, -0.1) is 0 Å². The van der Waals surface area contributed by atoms with Crippen LogP contribution in [0.15, 0.2) is 24.3 Å². The Morgan fingerprint density at radius 2 is 2.41 bits per heavy atom. The Hall–Kier alpha value is -1.62. The standard InChI is InChI=1S/C12H16FN3O/c1-9-8-14-5-6-16(9)12(17)15-11-4-2-3-10(13)7-11/h2-4,7,9,14H,5-6,8H2,1H3,(H,15,17). The lowest BCUT2D eigenvalue weighted by Gasteiger charge is -2.33. The van der Waals surface area contributed by atoms with Crippen molar-refractivity contribution in [3.63, 3.8) is 0 Å². The Morgan fingerprint density at radius 1 is 1.59 bits per heavy atom. The summed E-state index contributed by atoms with van der Waals surface area (Å²) in [4.78, 5) is 13.7. The van der Waals surface area contributed by atoms with Gasteiger partial charge in [0, 0.05) is 31.4 Å². The van der Waals surface area contributed by atoms with E-state index in [-0.39, 0.29) is 17.9 Å². The molecule has 1 atom stereocenters. The highest BCUT2D eigenvalue weighted by Gasteiger charge is 2.22. The maximum Gasteiger partial charge on any atom is 0.322 e. The van der Waals surface area contributed by atoms with Gasteiger partial charge in [0.25, 0.3) is 0 Å². The zero-order valence-electron chi connectivity index (χ0n) is 9.74. The van der Waals surface area contributed by atoms with E-state index in [9.17, 15) is 9.18 Å². The number of nitrogens with one attached hydrogen (secondary N) is 2. The number of amides is 2. The molecule has 1 fully saturated rings. The molecule has 5 heteroatoms. The second-order valence-electron chi connectivity index (χ2n) is 4.19. The van der Waals surface area contributed by atoms with Crippen LogP contribution in [0.4, 0.5) is 14.9 Å². The average molecular weight is 237 g/mol. The predicted octanol–water partition coefficient (Wildman–Crippen LogP) is 1.65. The minimum Gasteiger partial charge on any atom is -0.319 e. The summed E-state index contributed by atoms with van der Waals surface area (Å²) in [5, 5.41) is 5.91. The highest BCUT2D eigenvalue weighted by Crippen LogP contribution is 2.11. The van der Waals surface area contributed by atoms with Crippen molar-refractivity contribution in [2.24, 2.45) is 0 Å². The van der Waals surface area contributed by atoms with Crippen molar-refractivity contribution in [2.75, 3.05) is 25.0 Å². The summed E-state index contributed by atoms with van der Waals surface area (Å²) in [5.41, 5.74) is 0.487. The Balaban J connectivity index is 2.01. The number of nitrogens with zero attached hydrogens (tertiary/aromatic N) is 1. The molecule has 1 heterocycles. The van der Waals surface area contributed by atoms with Gasteiger partial charge in [-0.25, -0.2) is 9.18 Å². The van der Waals surface area contributed by atoms with E-state index in [0.29, 0.717) is 12.2 Å². The molecule has 1 aliphatic heterocycles. The van der Waals surface area contributed by atoms with Gasteiger partial charge >= 0.3 is 6.03 Å². The lowest BCUT2D eigenvalue weighted by molar-refractivity contribution is 0.177. The van der Waals surface area contributed by atoms with Gasteiger partial charge < -0.3 is 15.5 Å². The maximum absolute atomic E-state index is 13.0. The van der Waals surface area contributed by atoms with Crippen molar-refractivity contribution in [2.45, 2.75) is 13.0 Å². The number of benzene rings is 1. The summed E-state index contributed by atoms with van der Waals surface area (Å²) in [6, 6.07) is 5.88. The molecule has 0 aliphatic carbocycles. The topological polar surface area (TPSA) is 44.4 Å². The lowest BCUT2D eigenvalue weighted by atomic mass is 10.2. The van der Waals surface area contributed by atoms with E-state index in [4.69, 9.17) is 0 Å². The summed E-state index contributed by atoms with van der Waals surface area (Å²) >= 11 is 0. The third-order valence-corrected chi connectivity index (χ3v) is 2.84. The van der Waals surface area contributed by atoms with Gasteiger partial charge in [-0.1, -0.05) is 6.07 Å². The van der Waals surface area contributed by atoms with Crippen LogP contribution in [0.25, 0.3) is 0 Å². The molecule has 1 aliphatic rings. The molecule has 0 spiro atoms. The molecule has 4 nitrogen and oxygen atoms in total. The van der Waals surface area contributed by atoms with Gasteiger partial charge in [0.1, 0.15) is 5.82 Å². The second-order valence-corrected chi connectivity index (χ2v) is 4.19. The fourth-order valence-corrected chi connectivity index (χ4v) is 1.90. The molecule has 2 rings (SSSR count). The smallest absolute Gasteiger partial charge is 0.319 e. The Kier molecular flexibility index (Phi) is 3.58. The fraction of sp³-hybridized carbons (Fsp3) is 0.417. The van der Waals surface area contributed by atoms with E-state index in [1.165, 1.54) is 12.1 Å². The first-order valence-electron chi connectivity index (χ1n) is 5.71. The van der Waals surface area contributed by atoms with Crippen LogP contribution in [-0.4, -0.2) is 36.6 Å². The molecular weight excluding hydrogens is 221 g/mol. The largest absolute Gasteiger partial charge is 0.322 e. The van der Waals surface area contributed by atoms with Crippen LogP contribution in [0.5, 0.6) is 0 Å². The highest BCUT2D eigenvalue weighted by atomic mass is 19.1. The average Bonchev–Trinajstić information content (AvgIpc) is 2.29. The van der Waals surface area contributed by atoms with E-state index in [1.807, 2.05) is 6.92 Å². The molecule has 0 bridgehead atoms. The summed E-state index contributed by atoms with van der Waals surface area (Å²) in [6.45, 7) is 4.23. The van der Waals surface area contributed by atoms with Crippen LogP contribution >= 0.6 is 0 Å². The van der Waals surface area contributed by atoms with Crippen molar-refractivity contribution < 1.29 is 9.18 Å². The molecule has 2 amide bonds. The number of piperazine rings is 1. The van der Waals surface area contributed by atoms with Crippen LogP contribution in [-0.2, 0) is 0 Å². The Morgan fingerprint density at radius 3 is 3.12 bits per heavy atom. The number of anilines is 1. The second kappa shape index (κ2) is 5.14. The number of carbonyl (C=O) groups excluding carboxylic acids is 1. The van der Waals surface area contributed by atoms with Gasteiger partial charge in [-0.2, -0.15) is 0 Å². The van der Waals surface area contributed by atoms with Gasteiger partial charge in [0.15, 0.2) is 0 Å². The number of carbonyl (C=O) groups is 1. The molecule has 1 saturated heterocycles. The molecule has 92 valence electrons. The van der Waals surface area contributed by atoms with Crippen LogP contribution in [0.2, 0.25) is 0 Å². The Bertz CT molecular complexity index is 410. The van der Waals surface area contributed by atoms with Crippen molar-refractivity contribution in [3.8, 4) is 0 Å². The third kappa shape index (κ3) is 2.94. The van der Waals surface area contributed by atoms with Crippen molar-refractivity contribution in [1.82, 2.24) is 10.2 Å². The van der Waals surface area contributed by atoms with E-state index in [0.717, 1.165) is 13.1 Å². The van der Waals surface area contributed by atoms with Crippen molar-refractivity contribution in [3.05, 3.63) is 30.1 Å². The van der Waals surface area contributed by atoms with Gasteiger partial charge in [0.2, 0.25) is 0 Å². The summed E-state index contributed by atoms with van der Waals surface area (Å²) in [6.07, 6.45) is 0. The molecule has 2 N–H and O–H groups in total. The number of halogens is 1. The molecule has 0 aromatic heterocycles. The Labute approximate surface area is 99.8 Å². The minimum absolute atomic E-state index is 0.150. The van der Waals surface area contributed by atoms with E-state index < -0.39 is 0 Å². The monoisotopic (exact) mass is 237 g/mol. The lowest BCUT2D eigenvalue weighted by Crippen LogP contribution is -2.53. The zero-order valence-corrected chi connectivity index (χ0v) is 9.74. The highest BCUT2D eigenvalue weighted by molar-refractivity contribution is 5.89. The molecule has 0 saturated carbocycles. The number of urea groups is 1.